The summed E-state index contributed by atoms with van der Waals surface area (Å²) in [6.45, 7) is 1.50. The lowest BCUT2D eigenvalue weighted by molar-refractivity contribution is -0.121. The van der Waals surface area contributed by atoms with Crippen molar-refractivity contribution in [3.8, 4) is 11.5 Å². The summed E-state index contributed by atoms with van der Waals surface area (Å²) in [4.78, 5) is 24.7. The van der Waals surface area contributed by atoms with Crippen LogP contribution in [0.5, 0.6) is 11.5 Å². The summed E-state index contributed by atoms with van der Waals surface area (Å²) in [5.74, 6) is 1.11. The van der Waals surface area contributed by atoms with E-state index in [4.69, 9.17) is 9.47 Å². The van der Waals surface area contributed by atoms with E-state index in [1.807, 2.05) is 54.6 Å². The molecule has 0 aliphatic carbocycles. The van der Waals surface area contributed by atoms with Crippen molar-refractivity contribution in [2.75, 3.05) is 14.2 Å². The maximum absolute atomic E-state index is 13.0. The maximum Gasteiger partial charge on any atom is 0.225 e. The van der Waals surface area contributed by atoms with E-state index in [0.29, 0.717) is 16.9 Å². The van der Waals surface area contributed by atoms with Crippen molar-refractivity contribution < 1.29 is 19.1 Å². The number of carbonyl (C=O) groups excluding carboxylic acids is 2. The Kier molecular flexibility index (Phi) is 6.86. The van der Waals surface area contributed by atoms with Crippen LogP contribution in [0.25, 0.3) is 0 Å². The van der Waals surface area contributed by atoms with Crippen LogP contribution >= 0.6 is 0 Å². The smallest absolute Gasteiger partial charge is 0.225 e. The Morgan fingerprint density at radius 2 is 1.53 bits per heavy atom. The molecule has 0 saturated heterocycles. The highest BCUT2D eigenvalue weighted by atomic mass is 16.5. The second-order valence-electron chi connectivity index (χ2n) is 6.94. The number of methoxy groups -OCH3 is 2. The fraction of sp³-hybridized carbons (Fsp3) is 0.200. The number of hydrogen-bond acceptors (Lipinski definition) is 4. The first-order chi connectivity index (χ1) is 14.5. The molecular weight excluding hydrogens is 378 g/mol. The highest BCUT2D eigenvalue weighted by Crippen LogP contribution is 2.25. The summed E-state index contributed by atoms with van der Waals surface area (Å²) in [6, 6.07) is 22.2. The van der Waals surface area contributed by atoms with E-state index in [9.17, 15) is 9.59 Å². The van der Waals surface area contributed by atoms with Crippen molar-refractivity contribution in [2.45, 2.75) is 19.4 Å². The summed E-state index contributed by atoms with van der Waals surface area (Å²) in [6.07, 6.45) is 0.101. The van der Waals surface area contributed by atoms with E-state index in [1.54, 1.807) is 32.4 Å². The molecule has 0 saturated carbocycles. The molecule has 30 heavy (non-hydrogen) atoms. The average molecular weight is 403 g/mol. The first-order valence-corrected chi connectivity index (χ1v) is 9.68. The molecule has 1 N–H and O–H groups in total. The molecule has 0 bridgehead atoms. The molecule has 5 heteroatoms. The van der Waals surface area contributed by atoms with Gasteiger partial charge in [-0.05, 0) is 48.4 Å². The van der Waals surface area contributed by atoms with Gasteiger partial charge in [0.1, 0.15) is 11.5 Å². The number of ether oxygens (including phenoxy) is 2. The molecular formula is C25H25NO4. The van der Waals surface area contributed by atoms with E-state index >= 15 is 0 Å². The molecule has 1 atom stereocenters. The largest absolute Gasteiger partial charge is 0.497 e. The van der Waals surface area contributed by atoms with Gasteiger partial charge in [0.15, 0.2) is 5.78 Å². The van der Waals surface area contributed by atoms with Crippen molar-refractivity contribution in [3.05, 3.63) is 95.1 Å². The summed E-state index contributed by atoms with van der Waals surface area (Å²) in [5.41, 5.74) is 3.14. The van der Waals surface area contributed by atoms with Crippen LogP contribution in [0.15, 0.2) is 72.8 Å². The van der Waals surface area contributed by atoms with Gasteiger partial charge in [-0.25, -0.2) is 0 Å². The van der Waals surface area contributed by atoms with Crippen molar-refractivity contribution in [3.63, 3.8) is 0 Å². The van der Waals surface area contributed by atoms with Crippen LogP contribution in [0.4, 0.5) is 0 Å². The van der Waals surface area contributed by atoms with Crippen molar-refractivity contribution in [1.82, 2.24) is 5.32 Å². The summed E-state index contributed by atoms with van der Waals surface area (Å²) >= 11 is 0. The van der Waals surface area contributed by atoms with Gasteiger partial charge in [-0.2, -0.15) is 0 Å². The number of hydrogen-bond donors (Lipinski definition) is 1. The summed E-state index contributed by atoms with van der Waals surface area (Å²) < 4.78 is 10.6. The highest BCUT2D eigenvalue weighted by molar-refractivity contribution is 5.94. The lowest BCUT2D eigenvalue weighted by Gasteiger charge is -2.21. The fourth-order valence-electron chi connectivity index (χ4n) is 3.32. The first-order valence-electron chi connectivity index (χ1n) is 9.68. The van der Waals surface area contributed by atoms with Gasteiger partial charge in [-0.15, -0.1) is 0 Å². The number of Topliss-reactive ketones (excluding diaryl/α,β-unsaturated/α-hetero) is 1. The normalized spacial score (nSPS) is 11.4. The summed E-state index contributed by atoms with van der Waals surface area (Å²) in [7, 11) is 3.17. The predicted molar refractivity (Wildman–Crippen MR) is 116 cm³/mol. The molecule has 1 amide bonds. The van der Waals surface area contributed by atoms with E-state index in [-0.39, 0.29) is 24.2 Å². The zero-order valence-electron chi connectivity index (χ0n) is 17.3. The second kappa shape index (κ2) is 9.74. The molecule has 5 nitrogen and oxygen atoms in total. The number of amides is 1. The lowest BCUT2D eigenvalue weighted by atomic mass is 9.97. The molecule has 0 radical (unpaired) electrons. The molecule has 3 rings (SSSR count). The van der Waals surface area contributed by atoms with Crippen LogP contribution in [0.3, 0.4) is 0 Å². The minimum atomic E-state index is -0.313. The third-order valence-corrected chi connectivity index (χ3v) is 4.93. The van der Waals surface area contributed by atoms with Crippen molar-refractivity contribution in [1.29, 1.82) is 0 Å². The Labute approximate surface area is 176 Å². The zero-order chi connectivity index (χ0) is 21.5. The van der Waals surface area contributed by atoms with Gasteiger partial charge < -0.3 is 14.8 Å². The third kappa shape index (κ3) is 5.06. The lowest BCUT2D eigenvalue weighted by Crippen LogP contribution is -2.30. The van der Waals surface area contributed by atoms with Gasteiger partial charge in [0.25, 0.3) is 0 Å². The standard InChI is InChI=1S/C25H25NO4/c1-17(27)20-11-14-23(30-3)21(15-20)16-24(28)26-25(18-7-5-4-6-8-18)19-9-12-22(29-2)13-10-19/h4-15,25H,16H2,1-3H3,(H,26,28). The topological polar surface area (TPSA) is 64.6 Å². The Morgan fingerprint density at radius 1 is 0.867 bits per heavy atom. The van der Waals surface area contributed by atoms with Gasteiger partial charge in [-0.3, -0.25) is 9.59 Å². The van der Waals surface area contributed by atoms with Gasteiger partial charge in [-0.1, -0.05) is 42.5 Å². The molecule has 0 aliphatic rings. The predicted octanol–water partition coefficient (Wildman–Crippen LogP) is 4.35. The SMILES string of the molecule is COc1ccc(C(NC(=O)Cc2cc(C(C)=O)ccc2OC)c2ccccc2)cc1. The number of ketones is 1. The van der Waals surface area contributed by atoms with Crippen LogP contribution < -0.4 is 14.8 Å². The molecule has 3 aromatic carbocycles. The average Bonchev–Trinajstić information content (AvgIpc) is 2.78. The zero-order valence-corrected chi connectivity index (χ0v) is 17.3. The molecule has 3 aromatic rings. The van der Waals surface area contributed by atoms with Crippen LogP contribution in [-0.2, 0) is 11.2 Å². The Hall–Kier alpha value is -3.60. The van der Waals surface area contributed by atoms with E-state index in [0.717, 1.165) is 16.9 Å². The van der Waals surface area contributed by atoms with Gasteiger partial charge in [0, 0.05) is 11.1 Å². The Bertz CT molecular complexity index is 1010. The third-order valence-electron chi connectivity index (χ3n) is 4.93. The molecule has 1 unspecified atom stereocenters. The highest BCUT2D eigenvalue weighted by Gasteiger charge is 2.19. The molecule has 0 heterocycles. The van der Waals surface area contributed by atoms with Crippen molar-refractivity contribution >= 4 is 11.7 Å². The second-order valence-corrected chi connectivity index (χ2v) is 6.94. The molecule has 154 valence electrons. The Morgan fingerprint density at radius 3 is 2.13 bits per heavy atom. The van der Waals surface area contributed by atoms with Gasteiger partial charge in [0.05, 0.1) is 26.7 Å². The minimum absolute atomic E-state index is 0.0558. The molecule has 0 fully saturated rings. The maximum atomic E-state index is 13.0. The number of benzene rings is 3. The van der Waals surface area contributed by atoms with E-state index in [2.05, 4.69) is 5.32 Å². The van der Waals surface area contributed by atoms with Crippen LogP contribution in [-0.4, -0.2) is 25.9 Å². The van der Waals surface area contributed by atoms with E-state index in [1.165, 1.54) is 6.92 Å². The van der Waals surface area contributed by atoms with Gasteiger partial charge in [0.2, 0.25) is 5.91 Å². The Balaban J connectivity index is 1.87. The van der Waals surface area contributed by atoms with Gasteiger partial charge >= 0.3 is 0 Å². The monoisotopic (exact) mass is 403 g/mol. The van der Waals surface area contributed by atoms with E-state index < -0.39 is 0 Å². The minimum Gasteiger partial charge on any atom is -0.497 e. The van der Waals surface area contributed by atoms with Crippen LogP contribution in [0.2, 0.25) is 0 Å². The number of carbonyl (C=O) groups is 2. The number of nitrogens with one attached hydrogen (secondary N) is 1. The molecule has 0 aromatic heterocycles. The summed E-state index contributed by atoms with van der Waals surface area (Å²) in [5, 5.41) is 3.12. The van der Waals surface area contributed by atoms with Crippen LogP contribution in [0, 0.1) is 0 Å². The fourth-order valence-corrected chi connectivity index (χ4v) is 3.32. The van der Waals surface area contributed by atoms with Crippen molar-refractivity contribution in [2.24, 2.45) is 0 Å². The number of rotatable bonds is 8. The quantitative estimate of drug-likeness (QED) is 0.568. The van der Waals surface area contributed by atoms with Crippen LogP contribution in [0.1, 0.15) is 40.0 Å². The first kappa shape index (κ1) is 21.1. The molecule has 0 spiro atoms. The molecule has 0 aliphatic heterocycles.